The second-order valence-corrected chi connectivity index (χ2v) is 4.48. The minimum Gasteiger partial charge on any atom is -0.243 e. The number of nitrogens with zero attached hydrogens (tertiary/aromatic N) is 2. The fourth-order valence-corrected chi connectivity index (χ4v) is 2.25. The van der Waals surface area contributed by atoms with Gasteiger partial charge in [0.15, 0.2) is 5.69 Å². The van der Waals surface area contributed by atoms with Gasteiger partial charge in [-0.15, -0.1) is 0 Å². The molecule has 0 radical (unpaired) electrons. The predicted octanol–water partition coefficient (Wildman–Crippen LogP) is 4.58. The standard InChI is InChI=1S/C12H5Cl3N2/c13-8-2-1-3-9(14)12(8)7-4-10(15)11(5-16)17-6-7/h1-4,6H. The van der Waals surface area contributed by atoms with Gasteiger partial charge in [0.1, 0.15) is 6.07 Å². The lowest BCUT2D eigenvalue weighted by molar-refractivity contribution is 1.26. The maximum atomic E-state index is 8.74. The summed E-state index contributed by atoms with van der Waals surface area (Å²) in [6.45, 7) is 0. The van der Waals surface area contributed by atoms with Crippen LogP contribution in [-0.2, 0) is 0 Å². The molecule has 0 aliphatic rings. The fourth-order valence-electron chi connectivity index (χ4n) is 1.43. The summed E-state index contributed by atoms with van der Waals surface area (Å²) in [4.78, 5) is 3.94. The maximum absolute atomic E-state index is 8.74. The van der Waals surface area contributed by atoms with Crippen molar-refractivity contribution in [2.45, 2.75) is 0 Å². The van der Waals surface area contributed by atoms with Gasteiger partial charge >= 0.3 is 0 Å². The van der Waals surface area contributed by atoms with Gasteiger partial charge in [-0.05, 0) is 18.2 Å². The first-order valence-electron chi connectivity index (χ1n) is 4.63. The second kappa shape index (κ2) is 4.93. The molecular weight excluding hydrogens is 279 g/mol. The van der Waals surface area contributed by atoms with Crippen molar-refractivity contribution >= 4 is 34.8 Å². The van der Waals surface area contributed by atoms with E-state index in [-0.39, 0.29) is 10.7 Å². The van der Waals surface area contributed by atoms with Crippen LogP contribution in [0.4, 0.5) is 0 Å². The Morgan fingerprint density at radius 1 is 1.06 bits per heavy atom. The minimum absolute atomic E-state index is 0.179. The van der Waals surface area contributed by atoms with Crippen molar-refractivity contribution in [3.63, 3.8) is 0 Å². The summed E-state index contributed by atoms with van der Waals surface area (Å²) in [5.74, 6) is 0. The maximum Gasteiger partial charge on any atom is 0.159 e. The highest BCUT2D eigenvalue weighted by Crippen LogP contribution is 2.35. The van der Waals surface area contributed by atoms with Gasteiger partial charge in [0.2, 0.25) is 0 Å². The molecule has 0 saturated carbocycles. The van der Waals surface area contributed by atoms with Gasteiger partial charge in [-0.2, -0.15) is 5.26 Å². The molecule has 5 heteroatoms. The van der Waals surface area contributed by atoms with Crippen LogP contribution in [0.1, 0.15) is 5.69 Å². The van der Waals surface area contributed by atoms with Crippen LogP contribution in [0.15, 0.2) is 30.5 Å². The van der Waals surface area contributed by atoms with Crippen LogP contribution in [0, 0.1) is 11.3 Å². The quantitative estimate of drug-likeness (QED) is 0.768. The average molecular weight is 284 g/mol. The van der Waals surface area contributed by atoms with E-state index in [1.54, 1.807) is 24.3 Å². The van der Waals surface area contributed by atoms with Gasteiger partial charge in [-0.3, -0.25) is 0 Å². The molecule has 84 valence electrons. The second-order valence-electron chi connectivity index (χ2n) is 3.26. The van der Waals surface area contributed by atoms with Crippen LogP contribution in [0.25, 0.3) is 11.1 Å². The van der Waals surface area contributed by atoms with Gasteiger partial charge in [0.25, 0.3) is 0 Å². The number of rotatable bonds is 1. The third-order valence-corrected chi connectivity index (χ3v) is 3.12. The van der Waals surface area contributed by atoms with Gasteiger partial charge in [0.05, 0.1) is 5.02 Å². The molecular formula is C12H5Cl3N2. The van der Waals surface area contributed by atoms with Crippen LogP contribution >= 0.6 is 34.8 Å². The molecule has 1 aromatic carbocycles. The SMILES string of the molecule is N#Cc1ncc(-c2c(Cl)cccc2Cl)cc1Cl. The lowest BCUT2D eigenvalue weighted by Crippen LogP contribution is -1.88. The molecule has 2 aromatic rings. The molecule has 0 fully saturated rings. The predicted molar refractivity (Wildman–Crippen MR) is 69.4 cm³/mol. The van der Waals surface area contributed by atoms with Crippen molar-refractivity contribution < 1.29 is 0 Å². The molecule has 0 aliphatic carbocycles. The number of halogens is 3. The first-order valence-corrected chi connectivity index (χ1v) is 5.77. The van der Waals surface area contributed by atoms with E-state index >= 15 is 0 Å². The normalized spacial score (nSPS) is 10.0. The molecule has 17 heavy (non-hydrogen) atoms. The zero-order chi connectivity index (χ0) is 12.4. The van der Waals surface area contributed by atoms with Gasteiger partial charge in [-0.1, -0.05) is 40.9 Å². The molecule has 0 bridgehead atoms. The third kappa shape index (κ3) is 2.37. The number of hydrogen-bond donors (Lipinski definition) is 0. The van der Waals surface area contributed by atoms with Crippen molar-refractivity contribution in [3.05, 3.63) is 51.2 Å². The molecule has 0 atom stereocenters. The Kier molecular flexibility index (Phi) is 3.54. The van der Waals surface area contributed by atoms with E-state index < -0.39 is 0 Å². The van der Waals surface area contributed by atoms with E-state index in [1.165, 1.54) is 6.20 Å². The lowest BCUT2D eigenvalue weighted by atomic mass is 10.1. The number of hydrogen-bond acceptors (Lipinski definition) is 2. The molecule has 2 nitrogen and oxygen atoms in total. The molecule has 2 rings (SSSR count). The van der Waals surface area contributed by atoms with E-state index in [9.17, 15) is 0 Å². The van der Waals surface area contributed by atoms with Crippen LogP contribution in [0.2, 0.25) is 15.1 Å². The van der Waals surface area contributed by atoms with Gasteiger partial charge in [-0.25, -0.2) is 4.98 Å². The van der Waals surface area contributed by atoms with Crippen molar-refractivity contribution in [1.29, 1.82) is 5.26 Å². The molecule has 0 saturated heterocycles. The van der Waals surface area contributed by atoms with E-state index in [1.807, 2.05) is 6.07 Å². The molecule has 1 heterocycles. The Morgan fingerprint density at radius 3 is 2.24 bits per heavy atom. The summed E-state index contributed by atoms with van der Waals surface area (Å²) in [6, 6.07) is 8.74. The highest BCUT2D eigenvalue weighted by Gasteiger charge is 2.10. The monoisotopic (exact) mass is 282 g/mol. The number of nitriles is 1. The Balaban J connectivity index is 2.63. The Bertz CT molecular complexity index is 597. The van der Waals surface area contributed by atoms with E-state index in [0.717, 1.165) is 0 Å². The Morgan fingerprint density at radius 2 is 1.71 bits per heavy atom. The molecule has 0 unspecified atom stereocenters. The average Bonchev–Trinajstić information content (AvgIpc) is 2.29. The summed E-state index contributed by atoms with van der Waals surface area (Å²) in [6.07, 6.45) is 1.53. The number of pyridine rings is 1. The topological polar surface area (TPSA) is 36.7 Å². The third-order valence-electron chi connectivity index (χ3n) is 2.20. The first kappa shape index (κ1) is 12.2. The zero-order valence-electron chi connectivity index (χ0n) is 8.42. The van der Waals surface area contributed by atoms with Crippen LogP contribution < -0.4 is 0 Å². The van der Waals surface area contributed by atoms with Crippen molar-refractivity contribution in [3.8, 4) is 17.2 Å². The summed E-state index contributed by atoms with van der Waals surface area (Å²) in [5, 5.41) is 10.0. The van der Waals surface area contributed by atoms with Crippen LogP contribution in [-0.4, -0.2) is 4.98 Å². The Labute approximate surface area is 113 Å². The number of benzene rings is 1. The molecule has 0 aliphatic heterocycles. The lowest BCUT2D eigenvalue weighted by Gasteiger charge is -2.07. The van der Waals surface area contributed by atoms with Gasteiger partial charge < -0.3 is 0 Å². The minimum atomic E-state index is 0.179. The molecule has 1 aromatic heterocycles. The van der Waals surface area contributed by atoms with Crippen molar-refractivity contribution in [2.75, 3.05) is 0 Å². The first-order chi connectivity index (χ1) is 8.13. The number of aromatic nitrogens is 1. The van der Waals surface area contributed by atoms with Crippen LogP contribution in [0.3, 0.4) is 0 Å². The van der Waals surface area contributed by atoms with Gasteiger partial charge in [0, 0.05) is 27.4 Å². The largest absolute Gasteiger partial charge is 0.243 e. The fraction of sp³-hybridized carbons (Fsp3) is 0. The summed E-state index contributed by atoms with van der Waals surface area (Å²) in [5.41, 5.74) is 1.53. The smallest absolute Gasteiger partial charge is 0.159 e. The van der Waals surface area contributed by atoms with Crippen LogP contribution in [0.5, 0.6) is 0 Å². The van der Waals surface area contributed by atoms with E-state index in [4.69, 9.17) is 40.1 Å². The summed E-state index contributed by atoms with van der Waals surface area (Å²) in [7, 11) is 0. The highest BCUT2D eigenvalue weighted by molar-refractivity contribution is 6.39. The Hall–Kier alpha value is -1.27. The molecule has 0 spiro atoms. The zero-order valence-corrected chi connectivity index (χ0v) is 10.7. The molecule has 0 amide bonds. The van der Waals surface area contributed by atoms with Crippen molar-refractivity contribution in [1.82, 2.24) is 4.98 Å². The van der Waals surface area contributed by atoms with E-state index in [0.29, 0.717) is 21.2 Å². The van der Waals surface area contributed by atoms with Crippen molar-refractivity contribution in [2.24, 2.45) is 0 Å². The summed E-state index contributed by atoms with van der Waals surface area (Å²) >= 11 is 18.1. The summed E-state index contributed by atoms with van der Waals surface area (Å²) < 4.78 is 0. The highest BCUT2D eigenvalue weighted by atomic mass is 35.5. The van der Waals surface area contributed by atoms with E-state index in [2.05, 4.69) is 4.98 Å². The molecule has 0 N–H and O–H groups in total.